The monoisotopic (exact) mass is 794 g/mol. The molecule has 306 valence electrons. The van der Waals surface area contributed by atoms with E-state index < -0.39 is 5.41 Å². The SMILES string of the molecule is CC(COc1cccc2c(C3(c4cccc5c(OCC(C)OCC(C)OCC6CO6)cccc45)c4ccccc4-c4ccccc43)cccc12)OCC(C)OCC1CO1. The number of epoxide rings is 2. The van der Waals surface area contributed by atoms with Crippen LogP contribution in [0.25, 0.3) is 32.7 Å². The molecule has 0 N–H and O–H groups in total. The summed E-state index contributed by atoms with van der Waals surface area (Å²) in [7, 11) is 0. The number of hydrogen-bond donors (Lipinski definition) is 0. The summed E-state index contributed by atoms with van der Waals surface area (Å²) in [5, 5.41) is 4.37. The quantitative estimate of drug-likeness (QED) is 0.0707. The molecule has 9 rings (SSSR count). The Bertz CT molecular complexity index is 2220. The van der Waals surface area contributed by atoms with Crippen molar-refractivity contribution in [1.29, 1.82) is 0 Å². The van der Waals surface area contributed by atoms with E-state index in [4.69, 9.17) is 37.9 Å². The largest absolute Gasteiger partial charge is 0.490 e. The molecule has 0 aromatic heterocycles. The van der Waals surface area contributed by atoms with Crippen molar-refractivity contribution in [2.24, 2.45) is 0 Å². The number of fused-ring (bicyclic) bond motifs is 5. The maximum Gasteiger partial charge on any atom is 0.127 e. The lowest BCUT2D eigenvalue weighted by atomic mass is 9.65. The molecule has 2 saturated heterocycles. The number of ether oxygens (including phenoxy) is 8. The van der Waals surface area contributed by atoms with Gasteiger partial charge >= 0.3 is 0 Å². The first-order valence-corrected chi connectivity index (χ1v) is 21.1. The smallest absolute Gasteiger partial charge is 0.127 e. The van der Waals surface area contributed by atoms with Crippen LogP contribution in [0.3, 0.4) is 0 Å². The molecule has 8 heteroatoms. The van der Waals surface area contributed by atoms with Crippen molar-refractivity contribution < 1.29 is 37.9 Å². The van der Waals surface area contributed by atoms with Crippen LogP contribution < -0.4 is 9.47 Å². The Labute approximate surface area is 347 Å². The topological polar surface area (TPSA) is 80.4 Å². The summed E-state index contributed by atoms with van der Waals surface area (Å²) < 4.78 is 47.8. The Kier molecular flexibility index (Phi) is 11.7. The predicted octanol–water partition coefficient (Wildman–Crippen LogP) is 9.53. The zero-order chi connectivity index (χ0) is 40.3. The van der Waals surface area contributed by atoms with Crippen LogP contribution in [0.15, 0.2) is 121 Å². The molecule has 8 nitrogen and oxygen atoms in total. The summed E-state index contributed by atoms with van der Waals surface area (Å²) in [6, 6.07) is 43.8. The first-order chi connectivity index (χ1) is 28.9. The van der Waals surface area contributed by atoms with E-state index in [1.165, 1.54) is 33.4 Å². The van der Waals surface area contributed by atoms with Crippen LogP contribution in [0.5, 0.6) is 11.5 Å². The van der Waals surface area contributed by atoms with Crippen LogP contribution in [0.2, 0.25) is 0 Å². The van der Waals surface area contributed by atoms with Crippen molar-refractivity contribution >= 4 is 21.5 Å². The molecule has 3 aliphatic rings. The van der Waals surface area contributed by atoms with E-state index in [9.17, 15) is 0 Å². The van der Waals surface area contributed by atoms with Crippen LogP contribution in [-0.2, 0) is 33.8 Å². The molecule has 59 heavy (non-hydrogen) atoms. The van der Waals surface area contributed by atoms with Gasteiger partial charge in [0.2, 0.25) is 0 Å². The third-order valence-corrected chi connectivity index (χ3v) is 11.6. The summed E-state index contributed by atoms with van der Waals surface area (Å²) in [4.78, 5) is 0. The van der Waals surface area contributed by atoms with Crippen LogP contribution >= 0.6 is 0 Å². The fraction of sp³-hybridized carbons (Fsp3) is 0.373. The molecule has 6 atom stereocenters. The van der Waals surface area contributed by atoms with Gasteiger partial charge in [-0.15, -0.1) is 0 Å². The number of rotatable bonds is 20. The van der Waals surface area contributed by atoms with Gasteiger partial charge in [-0.25, -0.2) is 0 Å². The van der Waals surface area contributed by atoms with Crippen molar-refractivity contribution in [2.75, 3.05) is 52.9 Å². The third kappa shape index (κ3) is 8.35. The summed E-state index contributed by atoms with van der Waals surface area (Å²) in [6.45, 7) is 12.8. The second-order valence-electron chi connectivity index (χ2n) is 16.3. The minimum absolute atomic E-state index is 0.0172. The second kappa shape index (κ2) is 17.4. The van der Waals surface area contributed by atoms with Crippen molar-refractivity contribution in [2.45, 2.75) is 69.7 Å². The van der Waals surface area contributed by atoms with Gasteiger partial charge < -0.3 is 37.9 Å². The Morgan fingerprint density at radius 3 is 1.25 bits per heavy atom. The predicted molar refractivity (Wildman–Crippen MR) is 231 cm³/mol. The van der Waals surface area contributed by atoms with Gasteiger partial charge in [0.05, 0.1) is 69.5 Å². The average Bonchev–Trinajstić information content (AvgIpc) is 4.22. The molecule has 0 radical (unpaired) electrons. The van der Waals surface area contributed by atoms with Crippen molar-refractivity contribution in [3.63, 3.8) is 0 Å². The molecule has 1 aliphatic carbocycles. The van der Waals surface area contributed by atoms with E-state index in [1.54, 1.807) is 0 Å². The number of hydrogen-bond acceptors (Lipinski definition) is 8. The second-order valence-corrected chi connectivity index (χ2v) is 16.3. The molecule has 2 fully saturated rings. The van der Waals surface area contributed by atoms with Crippen molar-refractivity contribution in [3.05, 3.63) is 144 Å². The summed E-state index contributed by atoms with van der Waals surface area (Å²) in [5.41, 5.74) is 6.70. The maximum atomic E-state index is 6.58. The third-order valence-electron chi connectivity index (χ3n) is 11.6. The van der Waals surface area contributed by atoms with Gasteiger partial charge in [-0.05, 0) is 84.0 Å². The minimum atomic E-state index is -0.653. The van der Waals surface area contributed by atoms with E-state index in [1.807, 2.05) is 27.7 Å². The highest BCUT2D eigenvalue weighted by Gasteiger charge is 2.47. The molecule has 6 aromatic rings. The van der Waals surface area contributed by atoms with Crippen molar-refractivity contribution in [3.8, 4) is 22.6 Å². The highest BCUT2D eigenvalue weighted by atomic mass is 16.6. The van der Waals surface area contributed by atoms with Gasteiger partial charge in [-0.1, -0.05) is 109 Å². The molecular formula is C51H54O8. The normalized spacial score (nSPS) is 19.5. The average molecular weight is 795 g/mol. The van der Waals surface area contributed by atoms with Gasteiger partial charge in [0.1, 0.15) is 36.9 Å². The summed E-state index contributed by atoms with van der Waals surface area (Å²) in [6.07, 6.45) is 0.193. The molecule has 6 unspecified atom stereocenters. The van der Waals surface area contributed by atoms with E-state index in [0.29, 0.717) is 39.6 Å². The van der Waals surface area contributed by atoms with Crippen LogP contribution in [0, 0.1) is 0 Å². The summed E-state index contributed by atoms with van der Waals surface area (Å²) in [5.74, 6) is 1.65. The molecule has 0 spiro atoms. The fourth-order valence-corrected chi connectivity index (χ4v) is 8.51. The van der Waals surface area contributed by atoms with Gasteiger partial charge in [-0.3, -0.25) is 0 Å². The van der Waals surface area contributed by atoms with Crippen LogP contribution in [-0.4, -0.2) is 89.5 Å². The first-order valence-electron chi connectivity index (χ1n) is 21.1. The molecule has 6 aromatic carbocycles. The zero-order valence-corrected chi connectivity index (χ0v) is 34.4. The zero-order valence-electron chi connectivity index (χ0n) is 34.4. The minimum Gasteiger partial charge on any atom is -0.490 e. The van der Waals surface area contributed by atoms with E-state index in [-0.39, 0.29) is 36.6 Å². The van der Waals surface area contributed by atoms with Gasteiger partial charge in [-0.2, -0.15) is 0 Å². The Hall–Kier alpha value is -4.80. The Morgan fingerprint density at radius 2 is 0.814 bits per heavy atom. The lowest BCUT2D eigenvalue weighted by Gasteiger charge is -2.36. The molecule has 0 saturated carbocycles. The lowest BCUT2D eigenvalue weighted by Crippen LogP contribution is -2.29. The van der Waals surface area contributed by atoms with Gasteiger partial charge in [0.25, 0.3) is 0 Å². The van der Waals surface area contributed by atoms with Crippen molar-refractivity contribution in [1.82, 2.24) is 0 Å². The summed E-state index contributed by atoms with van der Waals surface area (Å²) >= 11 is 0. The van der Waals surface area contributed by atoms with Gasteiger partial charge in [0.15, 0.2) is 0 Å². The van der Waals surface area contributed by atoms with E-state index >= 15 is 0 Å². The maximum absolute atomic E-state index is 6.58. The molecular weight excluding hydrogens is 741 g/mol. The standard InChI is InChI=1S/C51H54O8/c1-33(54-29-37-31-56-37)25-52-35(3)27-58-49-23-11-15-41-43(49)17-9-21-47(41)51(45-19-7-5-13-39(45)40-14-6-8-20-46(40)51)48-22-10-18-44-42(48)16-12-24-50(44)59-28-36(4)53-26-34(2)55-30-38-32-57-38/h5-24,33-38H,25-32H2,1-4H3. The fourth-order valence-electron chi connectivity index (χ4n) is 8.51. The molecule has 0 bridgehead atoms. The Morgan fingerprint density at radius 1 is 0.441 bits per heavy atom. The molecule has 0 amide bonds. The van der Waals surface area contributed by atoms with E-state index in [2.05, 4.69) is 121 Å². The van der Waals surface area contributed by atoms with Gasteiger partial charge in [0, 0.05) is 10.8 Å². The molecule has 2 heterocycles. The first kappa shape index (κ1) is 39.6. The highest BCUT2D eigenvalue weighted by molar-refractivity contribution is 6.01. The molecule has 2 aliphatic heterocycles. The Balaban J connectivity index is 1.06. The lowest BCUT2D eigenvalue weighted by molar-refractivity contribution is -0.0450. The van der Waals surface area contributed by atoms with Crippen LogP contribution in [0.4, 0.5) is 0 Å². The number of benzene rings is 6. The highest BCUT2D eigenvalue weighted by Crippen LogP contribution is 2.58. The van der Waals surface area contributed by atoms with Crippen LogP contribution in [0.1, 0.15) is 49.9 Å². The van der Waals surface area contributed by atoms with E-state index in [0.717, 1.165) is 46.3 Å².